The van der Waals surface area contributed by atoms with Gasteiger partial charge >= 0.3 is 6.09 Å². The molecule has 0 unspecified atom stereocenters. The predicted molar refractivity (Wildman–Crippen MR) is 63.9 cm³/mol. The number of aromatic hydroxyl groups is 1. The summed E-state index contributed by atoms with van der Waals surface area (Å²) in [4.78, 5) is 8.78. The first kappa shape index (κ1) is 13.3. The van der Waals surface area contributed by atoms with Crippen LogP contribution in [0.2, 0.25) is 0 Å². The number of phenolic OH excluding ortho intramolecular Hbond substituents is 1. The minimum absolute atomic E-state index is 0.199. The Hall–Kier alpha value is -1.79. The van der Waals surface area contributed by atoms with Gasteiger partial charge in [0.1, 0.15) is 5.75 Å². The van der Waals surface area contributed by atoms with Crippen LogP contribution < -0.4 is 16.8 Å². The molecule has 1 aliphatic heterocycles. The van der Waals surface area contributed by atoms with Gasteiger partial charge in [-0.2, -0.15) is 0 Å². The van der Waals surface area contributed by atoms with E-state index in [-0.39, 0.29) is 6.04 Å². The van der Waals surface area contributed by atoms with E-state index in [1.54, 1.807) is 12.1 Å². The normalized spacial score (nSPS) is 22.6. The third-order valence-electron chi connectivity index (χ3n) is 2.58. The van der Waals surface area contributed by atoms with Gasteiger partial charge in [-0.25, -0.2) is 4.79 Å². The number of nitrogens with two attached hydrogens (primary N) is 2. The Balaban J connectivity index is 0.000000317. The van der Waals surface area contributed by atoms with Crippen LogP contribution in [0.25, 0.3) is 0 Å². The molecule has 6 heteroatoms. The van der Waals surface area contributed by atoms with Crippen LogP contribution in [0.5, 0.6) is 5.75 Å². The lowest BCUT2D eigenvalue weighted by Gasteiger charge is -2.14. The van der Waals surface area contributed by atoms with E-state index in [4.69, 9.17) is 20.7 Å². The molecule has 6 nitrogen and oxygen atoms in total. The van der Waals surface area contributed by atoms with Crippen molar-refractivity contribution in [3.63, 3.8) is 0 Å². The van der Waals surface area contributed by atoms with Crippen LogP contribution in [0.1, 0.15) is 11.5 Å². The van der Waals surface area contributed by atoms with Crippen molar-refractivity contribution in [1.29, 1.82) is 0 Å². The second-order valence-corrected chi connectivity index (χ2v) is 3.86. The van der Waals surface area contributed by atoms with Crippen LogP contribution in [0.15, 0.2) is 24.3 Å². The van der Waals surface area contributed by atoms with Gasteiger partial charge in [-0.1, -0.05) is 12.1 Å². The van der Waals surface area contributed by atoms with Gasteiger partial charge in [-0.05, 0) is 17.7 Å². The molecule has 0 bridgehead atoms. The first-order valence-electron chi connectivity index (χ1n) is 5.24. The second-order valence-electron chi connectivity index (χ2n) is 3.86. The fraction of sp³-hybridized carbons (Fsp3) is 0.364. The number of hydrogen-bond acceptors (Lipinski definition) is 4. The van der Waals surface area contributed by atoms with E-state index in [2.05, 4.69) is 11.1 Å². The fourth-order valence-corrected chi connectivity index (χ4v) is 1.79. The molecule has 7 N–H and O–H groups in total. The number of rotatable bonds is 1. The Morgan fingerprint density at radius 2 is 1.82 bits per heavy atom. The van der Waals surface area contributed by atoms with Crippen molar-refractivity contribution >= 4 is 6.09 Å². The molecule has 94 valence electrons. The smallest absolute Gasteiger partial charge is 0.402 e. The summed E-state index contributed by atoms with van der Waals surface area (Å²) in [7, 11) is 0. The lowest BCUT2D eigenvalue weighted by molar-refractivity contribution is 0.205. The molecule has 1 saturated heterocycles. The first-order valence-corrected chi connectivity index (χ1v) is 5.24. The highest BCUT2D eigenvalue weighted by atomic mass is 16.4. The standard InChI is InChI=1S/C10H14N2O.CH3NO2/c11-10-6-12-5-9(10)7-1-3-8(13)4-2-7;2-1(3)4/h1-4,9-10,12-13H,5-6,11H2;2H2,(H,3,4)/t9-,10+;/m0./s1. The average molecular weight is 239 g/mol. The molecule has 1 aliphatic rings. The maximum atomic E-state index is 9.12. The van der Waals surface area contributed by atoms with Crippen molar-refractivity contribution in [1.82, 2.24) is 5.32 Å². The summed E-state index contributed by atoms with van der Waals surface area (Å²) in [5.41, 5.74) is 11.2. The Morgan fingerprint density at radius 1 is 1.29 bits per heavy atom. The second kappa shape index (κ2) is 6.07. The fourth-order valence-electron chi connectivity index (χ4n) is 1.79. The van der Waals surface area contributed by atoms with E-state index in [9.17, 15) is 0 Å². The van der Waals surface area contributed by atoms with Crippen LogP contribution in [0.4, 0.5) is 4.79 Å². The van der Waals surface area contributed by atoms with Gasteiger partial charge in [0, 0.05) is 25.0 Å². The Morgan fingerprint density at radius 3 is 2.24 bits per heavy atom. The van der Waals surface area contributed by atoms with E-state index in [0.717, 1.165) is 13.1 Å². The Bertz CT molecular complexity index is 363. The summed E-state index contributed by atoms with van der Waals surface area (Å²) in [5, 5.41) is 19.6. The summed E-state index contributed by atoms with van der Waals surface area (Å²) in [6, 6.07) is 7.49. The third kappa shape index (κ3) is 4.29. The number of phenols is 1. The molecule has 0 aliphatic carbocycles. The average Bonchev–Trinajstić information content (AvgIpc) is 2.65. The summed E-state index contributed by atoms with van der Waals surface area (Å²) in [6.07, 6.45) is -1.33. The maximum absolute atomic E-state index is 9.12. The molecule has 2 atom stereocenters. The Labute approximate surface area is 99.2 Å². The van der Waals surface area contributed by atoms with Gasteiger partial charge in [-0.15, -0.1) is 0 Å². The molecule has 1 amide bonds. The van der Waals surface area contributed by atoms with Crippen LogP contribution >= 0.6 is 0 Å². The van der Waals surface area contributed by atoms with E-state index in [1.807, 2.05) is 12.1 Å². The third-order valence-corrected chi connectivity index (χ3v) is 2.58. The van der Waals surface area contributed by atoms with Crippen molar-refractivity contribution in [2.75, 3.05) is 13.1 Å². The quantitative estimate of drug-likeness (QED) is 0.473. The highest BCUT2D eigenvalue weighted by Gasteiger charge is 2.24. The number of nitrogens with one attached hydrogen (secondary N) is 1. The van der Waals surface area contributed by atoms with Gasteiger partial charge in [-0.3, -0.25) is 0 Å². The van der Waals surface area contributed by atoms with Crippen LogP contribution in [-0.2, 0) is 0 Å². The number of primary amides is 1. The molecule has 0 saturated carbocycles. The Kier molecular flexibility index (Phi) is 4.74. The molecular formula is C11H17N3O3. The summed E-state index contributed by atoms with van der Waals surface area (Å²) < 4.78 is 0. The van der Waals surface area contributed by atoms with Crippen molar-refractivity contribution in [2.45, 2.75) is 12.0 Å². The number of amides is 1. The zero-order valence-electron chi connectivity index (χ0n) is 9.34. The molecule has 1 fully saturated rings. The zero-order valence-corrected chi connectivity index (χ0v) is 9.34. The minimum Gasteiger partial charge on any atom is -0.508 e. The van der Waals surface area contributed by atoms with Gasteiger partial charge in [0.2, 0.25) is 0 Å². The molecule has 1 aromatic carbocycles. The molecule has 0 aromatic heterocycles. The lowest BCUT2D eigenvalue weighted by atomic mass is 9.95. The van der Waals surface area contributed by atoms with Crippen LogP contribution in [0.3, 0.4) is 0 Å². The lowest BCUT2D eigenvalue weighted by Crippen LogP contribution is -2.27. The number of carboxylic acid groups (broad SMARTS) is 1. The first-order chi connectivity index (χ1) is 8.00. The summed E-state index contributed by atoms with van der Waals surface area (Å²) in [6.45, 7) is 1.82. The maximum Gasteiger partial charge on any atom is 0.402 e. The SMILES string of the molecule is NC(=O)O.N[C@@H]1CNC[C@H]1c1ccc(O)cc1. The molecular weight excluding hydrogens is 222 g/mol. The molecule has 1 aromatic rings. The molecule has 0 radical (unpaired) electrons. The van der Waals surface area contributed by atoms with E-state index in [0.29, 0.717) is 11.7 Å². The topological polar surface area (TPSA) is 122 Å². The van der Waals surface area contributed by atoms with Gasteiger partial charge < -0.3 is 27.0 Å². The van der Waals surface area contributed by atoms with E-state index in [1.165, 1.54) is 5.56 Å². The number of benzene rings is 1. The van der Waals surface area contributed by atoms with E-state index < -0.39 is 6.09 Å². The molecule has 1 heterocycles. The van der Waals surface area contributed by atoms with Crippen LogP contribution in [-0.4, -0.2) is 35.4 Å². The van der Waals surface area contributed by atoms with Crippen molar-refractivity contribution in [3.05, 3.63) is 29.8 Å². The number of carbonyl (C=O) groups is 1. The number of hydrogen-bond donors (Lipinski definition) is 5. The van der Waals surface area contributed by atoms with Gasteiger partial charge in [0.15, 0.2) is 0 Å². The summed E-state index contributed by atoms with van der Waals surface area (Å²) >= 11 is 0. The van der Waals surface area contributed by atoms with E-state index >= 15 is 0 Å². The summed E-state index contributed by atoms with van der Waals surface area (Å²) in [5.74, 6) is 0.698. The highest BCUT2D eigenvalue weighted by molar-refractivity contribution is 5.61. The molecule has 17 heavy (non-hydrogen) atoms. The van der Waals surface area contributed by atoms with Crippen molar-refractivity contribution in [3.8, 4) is 5.75 Å². The minimum atomic E-state index is -1.33. The van der Waals surface area contributed by atoms with Crippen molar-refractivity contribution in [2.24, 2.45) is 11.5 Å². The zero-order chi connectivity index (χ0) is 12.8. The predicted octanol–water partition coefficient (Wildman–Crippen LogP) is 0.0294. The molecule has 2 rings (SSSR count). The van der Waals surface area contributed by atoms with Crippen LogP contribution in [0, 0.1) is 0 Å². The monoisotopic (exact) mass is 239 g/mol. The highest BCUT2D eigenvalue weighted by Crippen LogP contribution is 2.23. The van der Waals surface area contributed by atoms with Gasteiger partial charge in [0.25, 0.3) is 0 Å². The largest absolute Gasteiger partial charge is 0.508 e. The van der Waals surface area contributed by atoms with Gasteiger partial charge in [0.05, 0.1) is 0 Å². The molecule has 0 spiro atoms. The van der Waals surface area contributed by atoms with Crippen molar-refractivity contribution < 1.29 is 15.0 Å².